The van der Waals surface area contributed by atoms with E-state index in [1.807, 2.05) is 11.0 Å². The summed E-state index contributed by atoms with van der Waals surface area (Å²) in [6.07, 6.45) is -1.78. The summed E-state index contributed by atoms with van der Waals surface area (Å²) >= 11 is 7.72. The number of carbonyl (C=O) groups excluding carboxylic acids is 1. The summed E-state index contributed by atoms with van der Waals surface area (Å²) in [6.45, 7) is 0.370. The van der Waals surface area contributed by atoms with Gasteiger partial charge in [-0.25, -0.2) is 8.78 Å². The number of nitrogens with one attached hydrogen (secondary N) is 1. The van der Waals surface area contributed by atoms with Gasteiger partial charge in [0.15, 0.2) is 11.6 Å². The van der Waals surface area contributed by atoms with E-state index in [-0.39, 0.29) is 84.5 Å². The number of nitrogen functional groups attached to an aromatic ring is 1. The van der Waals surface area contributed by atoms with Gasteiger partial charge in [0.05, 0.1) is 34.3 Å². The topological polar surface area (TPSA) is 126 Å². The fraction of sp³-hybridized carbons (Fsp3) is 0.333. The van der Waals surface area contributed by atoms with Crippen LogP contribution in [0.3, 0.4) is 0 Å². The van der Waals surface area contributed by atoms with E-state index in [1.54, 1.807) is 0 Å². The van der Waals surface area contributed by atoms with Crippen molar-refractivity contribution in [2.45, 2.75) is 37.8 Å². The molecule has 42 heavy (non-hydrogen) atoms. The Morgan fingerprint density at radius 2 is 2.10 bits per heavy atom. The fourth-order valence-electron chi connectivity index (χ4n) is 5.76. The maximum Gasteiger partial charge on any atom is 0.318 e. The van der Waals surface area contributed by atoms with E-state index in [9.17, 15) is 23.2 Å². The van der Waals surface area contributed by atoms with Crippen molar-refractivity contribution in [3.8, 4) is 29.0 Å². The first-order valence-electron chi connectivity index (χ1n) is 12.8. The van der Waals surface area contributed by atoms with Gasteiger partial charge in [0.25, 0.3) is 5.91 Å². The molecule has 0 spiro atoms. The van der Waals surface area contributed by atoms with E-state index in [1.165, 1.54) is 13.2 Å². The zero-order chi connectivity index (χ0) is 29.9. The van der Waals surface area contributed by atoms with Crippen molar-refractivity contribution in [3.63, 3.8) is 0 Å². The van der Waals surface area contributed by atoms with Gasteiger partial charge in [0, 0.05) is 23.0 Å². The van der Waals surface area contributed by atoms with E-state index < -0.39 is 30.0 Å². The van der Waals surface area contributed by atoms with Crippen LogP contribution in [0.5, 0.6) is 11.8 Å². The van der Waals surface area contributed by atoms with Crippen LogP contribution in [0.15, 0.2) is 12.1 Å². The van der Waals surface area contributed by atoms with Crippen LogP contribution in [0.1, 0.15) is 24.8 Å². The number of alkyl halides is 2. The van der Waals surface area contributed by atoms with Crippen LogP contribution in [0.2, 0.25) is 5.02 Å². The minimum atomic E-state index is -3.12. The van der Waals surface area contributed by atoms with Gasteiger partial charge in [0.1, 0.15) is 34.8 Å². The second kappa shape index (κ2) is 10.6. The van der Waals surface area contributed by atoms with E-state index >= 15 is 4.39 Å². The Bertz CT molecular complexity index is 1810. The molecular weight excluding hydrogens is 600 g/mol. The number of ether oxygens (including phenoxy) is 2. The number of thiophene rings is 1. The van der Waals surface area contributed by atoms with E-state index in [0.717, 1.165) is 17.4 Å². The van der Waals surface area contributed by atoms with Gasteiger partial charge in [-0.2, -0.15) is 24.0 Å². The molecular formula is C27H21ClF4N6O3S. The van der Waals surface area contributed by atoms with Gasteiger partial charge in [-0.1, -0.05) is 17.7 Å². The Kier molecular flexibility index (Phi) is 7.10. The molecule has 3 N–H and O–H groups in total. The molecule has 1 fully saturated rings. The number of anilines is 2. The first-order valence-corrected chi connectivity index (χ1v) is 14.0. The lowest BCUT2D eigenvalue weighted by Gasteiger charge is -2.29. The molecule has 0 saturated heterocycles. The molecule has 1 aliphatic heterocycles. The fourth-order valence-corrected chi connectivity index (χ4v) is 7.04. The number of nitrogens with zero attached hydrogens (tertiary/aromatic N) is 4. The number of hydrogen-bond donors (Lipinski definition) is 2. The molecule has 1 aliphatic carbocycles. The van der Waals surface area contributed by atoms with Crippen molar-refractivity contribution in [3.05, 3.63) is 34.4 Å². The predicted molar refractivity (Wildman–Crippen MR) is 149 cm³/mol. The van der Waals surface area contributed by atoms with Crippen molar-refractivity contribution in [2.75, 3.05) is 30.9 Å². The molecule has 9 nitrogen and oxygen atoms in total. The molecule has 15 heteroatoms. The van der Waals surface area contributed by atoms with Crippen molar-refractivity contribution < 1.29 is 31.8 Å². The Balaban J connectivity index is 1.54. The summed E-state index contributed by atoms with van der Waals surface area (Å²) in [4.78, 5) is 22.2. The van der Waals surface area contributed by atoms with Crippen LogP contribution in [-0.4, -0.2) is 54.6 Å². The molecule has 3 heterocycles. The van der Waals surface area contributed by atoms with E-state index in [4.69, 9.17) is 26.8 Å². The maximum absolute atomic E-state index is 16.6. The van der Waals surface area contributed by atoms with Crippen molar-refractivity contribution in [2.24, 2.45) is 0 Å². The minimum Gasteiger partial charge on any atom is -0.489 e. The number of halogens is 5. The van der Waals surface area contributed by atoms with Gasteiger partial charge < -0.3 is 25.4 Å². The van der Waals surface area contributed by atoms with Crippen molar-refractivity contribution in [1.29, 1.82) is 5.26 Å². The van der Waals surface area contributed by atoms with Crippen LogP contribution < -0.4 is 25.4 Å². The number of fused-ring (bicyclic) bond motifs is 1. The molecule has 0 radical (unpaired) electrons. The third-order valence-corrected chi connectivity index (χ3v) is 8.95. The number of methoxy groups -OCH3 is 1. The summed E-state index contributed by atoms with van der Waals surface area (Å²) in [5.41, 5.74) is 5.78. The quantitative estimate of drug-likeness (QED) is 0.284. The van der Waals surface area contributed by atoms with Gasteiger partial charge in [-0.15, -0.1) is 11.3 Å². The molecule has 1 amide bonds. The number of nitriles is 1. The highest BCUT2D eigenvalue weighted by Gasteiger charge is 2.37. The number of benzene rings is 2. The summed E-state index contributed by atoms with van der Waals surface area (Å²) in [6, 6.07) is 3.56. The van der Waals surface area contributed by atoms with E-state index in [2.05, 4.69) is 15.3 Å². The lowest BCUT2D eigenvalue weighted by atomic mass is 9.96. The molecule has 6 rings (SSSR count). The molecule has 2 aromatic carbocycles. The van der Waals surface area contributed by atoms with Gasteiger partial charge >= 0.3 is 12.4 Å². The molecule has 2 unspecified atom stereocenters. The van der Waals surface area contributed by atoms with Gasteiger partial charge in [0.2, 0.25) is 0 Å². The van der Waals surface area contributed by atoms with Crippen molar-refractivity contribution >= 4 is 60.7 Å². The molecule has 2 atom stereocenters. The lowest BCUT2D eigenvalue weighted by Crippen LogP contribution is -2.40. The largest absolute Gasteiger partial charge is 0.489 e. The standard InChI is InChI=1S/C27H21ClF4N6O3S/c1-40-27-36-20-17-21(41-7-6-38(25(17)37-27)11-3-2-10(8-11)35-26(39)23(31)32)18(28)16(19(20)30)12-4-5-14(29)22-15(12)13(9-33)24(34)42-22/h4-5,10-11,23H,2-3,6-8,34H2,1H3,(H,35,39). The van der Waals surface area contributed by atoms with Crippen molar-refractivity contribution in [1.82, 2.24) is 15.3 Å². The third kappa shape index (κ3) is 4.38. The number of nitrogens with two attached hydrogens (primary N) is 1. The zero-order valence-corrected chi connectivity index (χ0v) is 23.4. The minimum absolute atomic E-state index is 0.00583. The number of amides is 1. The Morgan fingerprint density at radius 1 is 1.31 bits per heavy atom. The Hall–Kier alpha value is -4.09. The zero-order valence-electron chi connectivity index (χ0n) is 21.8. The Labute approximate surface area is 244 Å². The van der Waals surface area contributed by atoms with Crippen LogP contribution in [0.4, 0.5) is 28.4 Å². The highest BCUT2D eigenvalue weighted by Crippen LogP contribution is 2.51. The smallest absolute Gasteiger partial charge is 0.318 e. The average molecular weight is 621 g/mol. The summed E-state index contributed by atoms with van der Waals surface area (Å²) < 4.78 is 68.4. The second-order valence-corrected chi connectivity index (χ2v) is 11.3. The molecule has 218 valence electrons. The van der Waals surface area contributed by atoms with Crippen LogP contribution in [0, 0.1) is 23.0 Å². The highest BCUT2D eigenvalue weighted by molar-refractivity contribution is 7.23. The molecule has 1 saturated carbocycles. The maximum atomic E-state index is 16.6. The number of hydrogen-bond acceptors (Lipinski definition) is 9. The average Bonchev–Trinajstić information content (AvgIpc) is 3.51. The summed E-state index contributed by atoms with van der Waals surface area (Å²) in [5, 5.41) is 12.3. The number of aromatic nitrogens is 2. The molecule has 0 bridgehead atoms. The second-order valence-electron chi connectivity index (χ2n) is 9.86. The number of rotatable bonds is 5. The lowest BCUT2D eigenvalue weighted by molar-refractivity contribution is -0.132. The first-order chi connectivity index (χ1) is 20.1. The summed E-state index contributed by atoms with van der Waals surface area (Å²) in [5.74, 6) is -2.48. The van der Waals surface area contributed by atoms with Gasteiger partial charge in [-0.3, -0.25) is 4.79 Å². The molecule has 2 aromatic heterocycles. The SMILES string of the molecule is COc1nc2c3c(c(Cl)c(-c4ccc(F)c5sc(N)c(C#N)c45)c(F)c3n1)OCCN2C1CCC(NC(=O)C(F)F)C1. The predicted octanol–water partition coefficient (Wildman–Crippen LogP) is 5.41. The third-order valence-electron chi connectivity index (χ3n) is 7.57. The molecule has 2 aliphatic rings. The summed E-state index contributed by atoms with van der Waals surface area (Å²) in [7, 11) is 1.32. The Morgan fingerprint density at radius 3 is 2.81 bits per heavy atom. The molecule has 4 aromatic rings. The van der Waals surface area contributed by atoms with Crippen LogP contribution in [-0.2, 0) is 4.79 Å². The first kappa shape index (κ1) is 28.0. The van der Waals surface area contributed by atoms with Crippen LogP contribution in [0.25, 0.3) is 32.1 Å². The highest BCUT2D eigenvalue weighted by atomic mass is 35.5. The number of carbonyl (C=O) groups is 1. The normalized spacial score (nSPS) is 18.3. The van der Waals surface area contributed by atoms with Gasteiger partial charge in [-0.05, 0) is 30.9 Å². The monoisotopic (exact) mass is 620 g/mol. The van der Waals surface area contributed by atoms with E-state index in [0.29, 0.717) is 19.3 Å². The van der Waals surface area contributed by atoms with Crippen LogP contribution >= 0.6 is 22.9 Å².